The van der Waals surface area contributed by atoms with Crippen molar-refractivity contribution < 1.29 is 0 Å². The minimum absolute atomic E-state index is 0.476. The van der Waals surface area contributed by atoms with Crippen LogP contribution >= 0.6 is 11.6 Å². The van der Waals surface area contributed by atoms with Gasteiger partial charge in [0.25, 0.3) is 0 Å². The second-order valence-electron chi connectivity index (χ2n) is 3.92. The SMILES string of the molecule is CCN(c1cncc(Cl)n1)C1CCCC1. The van der Waals surface area contributed by atoms with Crippen LogP contribution in [0.2, 0.25) is 5.15 Å². The summed E-state index contributed by atoms with van der Waals surface area (Å²) in [6, 6.07) is 0.628. The molecule has 3 nitrogen and oxygen atoms in total. The second-order valence-corrected chi connectivity index (χ2v) is 4.31. The van der Waals surface area contributed by atoms with E-state index in [1.807, 2.05) is 0 Å². The van der Waals surface area contributed by atoms with Gasteiger partial charge < -0.3 is 4.90 Å². The maximum absolute atomic E-state index is 5.85. The largest absolute Gasteiger partial charge is 0.353 e. The lowest BCUT2D eigenvalue weighted by Gasteiger charge is -2.28. The summed E-state index contributed by atoms with van der Waals surface area (Å²) in [4.78, 5) is 10.7. The number of rotatable bonds is 3. The van der Waals surface area contributed by atoms with Crippen LogP contribution in [0.15, 0.2) is 12.4 Å². The summed E-state index contributed by atoms with van der Waals surface area (Å²) >= 11 is 5.85. The minimum atomic E-state index is 0.476. The van der Waals surface area contributed by atoms with Gasteiger partial charge in [-0.25, -0.2) is 4.98 Å². The van der Waals surface area contributed by atoms with Crippen molar-refractivity contribution in [2.75, 3.05) is 11.4 Å². The molecule has 0 aromatic carbocycles. The predicted octanol–water partition coefficient (Wildman–Crippen LogP) is 2.90. The summed E-state index contributed by atoms with van der Waals surface area (Å²) in [5.41, 5.74) is 0. The van der Waals surface area contributed by atoms with Crippen LogP contribution in [0.3, 0.4) is 0 Å². The Morgan fingerprint density at radius 1 is 1.40 bits per heavy atom. The van der Waals surface area contributed by atoms with Crippen molar-refractivity contribution >= 4 is 17.4 Å². The van der Waals surface area contributed by atoms with Crippen LogP contribution < -0.4 is 4.90 Å². The molecule has 2 rings (SSSR count). The fourth-order valence-corrected chi connectivity index (χ4v) is 2.44. The Morgan fingerprint density at radius 2 is 2.13 bits per heavy atom. The molecule has 1 aliphatic rings. The third kappa shape index (κ3) is 2.40. The van der Waals surface area contributed by atoms with Crippen LogP contribution in [-0.2, 0) is 0 Å². The van der Waals surface area contributed by atoms with E-state index in [1.54, 1.807) is 12.4 Å². The molecule has 0 saturated heterocycles. The van der Waals surface area contributed by atoms with Crippen LogP contribution in [-0.4, -0.2) is 22.6 Å². The first kappa shape index (κ1) is 10.7. The fraction of sp³-hybridized carbons (Fsp3) is 0.636. The van der Waals surface area contributed by atoms with E-state index in [4.69, 9.17) is 11.6 Å². The van der Waals surface area contributed by atoms with Gasteiger partial charge in [0.05, 0.1) is 12.4 Å². The van der Waals surface area contributed by atoms with Crippen molar-refractivity contribution in [3.63, 3.8) is 0 Å². The Morgan fingerprint density at radius 3 is 2.73 bits per heavy atom. The van der Waals surface area contributed by atoms with E-state index in [0.29, 0.717) is 11.2 Å². The lowest BCUT2D eigenvalue weighted by Crippen LogP contribution is -2.33. The van der Waals surface area contributed by atoms with Crippen LogP contribution in [0.4, 0.5) is 5.82 Å². The number of anilines is 1. The van der Waals surface area contributed by atoms with Gasteiger partial charge in [-0.2, -0.15) is 0 Å². The van der Waals surface area contributed by atoms with E-state index < -0.39 is 0 Å². The van der Waals surface area contributed by atoms with Gasteiger partial charge in [-0.15, -0.1) is 0 Å². The molecule has 0 spiro atoms. The average Bonchev–Trinajstić information content (AvgIpc) is 2.72. The summed E-state index contributed by atoms with van der Waals surface area (Å²) in [5.74, 6) is 0.914. The molecule has 15 heavy (non-hydrogen) atoms. The Labute approximate surface area is 95.5 Å². The smallest absolute Gasteiger partial charge is 0.149 e. The van der Waals surface area contributed by atoms with Crippen LogP contribution in [0.25, 0.3) is 0 Å². The van der Waals surface area contributed by atoms with Gasteiger partial charge in [-0.3, -0.25) is 4.98 Å². The molecule has 0 radical (unpaired) electrons. The first-order valence-electron chi connectivity index (χ1n) is 5.55. The lowest BCUT2D eigenvalue weighted by molar-refractivity contribution is 0.612. The first-order valence-corrected chi connectivity index (χ1v) is 5.93. The molecule has 0 unspecified atom stereocenters. The third-order valence-electron chi connectivity index (χ3n) is 2.99. The Hall–Kier alpha value is -0.830. The maximum Gasteiger partial charge on any atom is 0.149 e. The molecule has 1 aliphatic carbocycles. The van der Waals surface area contributed by atoms with E-state index in [2.05, 4.69) is 21.8 Å². The van der Waals surface area contributed by atoms with Crippen molar-refractivity contribution in [1.82, 2.24) is 9.97 Å². The summed E-state index contributed by atoms with van der Waals surface area (Å²) in [6.07, 6.45) is 8.57. The minimum Gasteiger partial charge on any atom is -0.353 e. The van der Waals surface area contributed by atoms with Gasteiger partial charge in [0, 0.05) is 12.6 Å². The van der Waals surface area contributed by atoms with E-state index in [0.717, 1.165) is 12.4 Å². The van der Waals surface area contributed by atoms with Crippen molar-refractivity contribution in [1.29, 1.82) is 0 Å². The van der Waals surface area contributed by atoms with Crippen LogP contribution in [0.5, 0.6) is 0 Å². The molecule has 4 heteroatoms. The molecule has 82 valence electrons. The third-order valence-corrected chi connectivity index (χ3v) is 3.17. The lowest BCUT2D eigenvalue weighted by atomic mass is 10.2. The standard InChI is InChI=1S/C11H16ClN3/c1-2-15(9-5-3-4-6-9)11-8-13-7-10(12)14-11/h7-9H,2-6H2,1H3. The first-order chi connectivity index (χ1) is 7.31. The molecule has 0 atom stereocenters. The summed E-state index contributed by atoms with van der Waals surface area (Å²) in [5, 5.41) is 0.476. The normalized spacial score (nSPS) is 16.9. The van der Waals surface area contributed by atoms with E-state index in [-0.39, 0.29) is 0 Å². The average molecular weight is 226 g/mol. The molecular weight excluding hydrogens is 210 g/mol. The van der Waals surface area contributed by atoms with Crippen LogP contribution in [0.1, 0.15) is 32.6 Å². The Kier molecular flexibility index (Phi) is 3.41. The van der Waals surface area contributed by atoms with Gasteiger partial charge in [-0.05, 0) is 19.8 Å². The monoisotopic (exact) mass is 225 g/mol. The van der Waals surface area contributed by atoms with Crippen molar-refractivity contribution in [3.05, 3.63) is 17.5 Å². The highest BCUT2D eigenvalue weighted by molar-refractivity contribution is 6.29. The van der Waals surface area contributed by atoms with Gasteiger partial charge in [0.2, 0.25) is 0 Å². The summed E-state index contributed by atoms with van der Waals surface area (Å²) < 4.78 is 0. The van der Waals surface area contributed by atoms with Crippen molar-refractivity contribution in [3.8, 4) is 0 Å². The summed E-state index contributed by atoms with van der Waals surface area (Å²) in [6.45, 7) is 3.13. The number of hydrogen-bond donors (Lipinski definition) is 0. The fourth-order valence-electron chi connectivity index (χ4n) is 2.29. The zero-order valence-corrected chi connectivity index (χ0v) is 9.74. The highest BCUT2D eigenvalue weighted by Crippen LogP contribution is 2.26. The molecule has 1 aromatic heterocycles. The topological polar surface area (TPSA) is 29.0 Å². The van der Waals surface area contributed by atoms with Crippen LogP contribution in [0, 0.1) is 0 Å². The van der Waals surface area contributed by atoms with E-state index in [1.165, 1.54) is 25.7 Å². The number of aromatic nitrogens is 2. The molecule has 1 fully saturated rings. The van der Waals surface area contributed by atoms with Gasteiger partial charge in [0.1, 0.15) is 11.0 Å². The number of halogens is 1. The van der Waals surface area contributed by atoms with Crippen molar-refractivity contribution in [2.24, 2.45) is 0 Å². The molecule has 1 saturated carbocycles. The van der Waals surface area contributed by atoms with Crippen molar-refractivity contribution in [2.45, 2.75) is 38.6 Å². The molecule has 1 heterocycles. The number of nitrogens with zero attached hydrogens (tertiary/aromatic N) is 3. The zero-order valence-electron chi connectivity index (χ0n) is 8.99. The highest BCUT2D eigenvalue weighted by Gasteiger charge is 2.22. The molecular formula is C11H16ClN3. The Bertz CT molecular complexity index is 323. The van der Waals surface area contributed by atoms with Gasteiger partial charge in [0.15, 0.2) is 0 Å². The maximum atomic E-state index is 5.85. The quantitative estimate of drug-likeness (QED) is 0.792. The van der Waals surface area contributed by atoms with Gasteiger partial charge >= 0.3 is 0 Å². The molecule has 0 N–H and O–H groups in total. The molecule has 1 aromatic rings. The van der Waals surface area contributed by atoms with E-state index in [9.17, 15) is 0 Å². The highest BCUT2D eigenvalue weighted by atomic mass is 35.5. The zero-order chi connectivity index (χ0) is 10.7. The number of hydrogen-bond acceptors (Lipinski definition) is 3. The van der Waals surface area contributed by atoms with Gasteiger partial charge in [-0.1, -0.05) is 24.4 Å². The molecule has 0 amide bonds. The Balaban J connectivity index is 2.18. The second kappa shape index (κ2) is 4.79. The molecule has 0 bridgehead atoms. The van der Waals surface area contributed by atoms with E-state index >= 15 is 0 Å². The predicted molar refractivity (Wildman–Crippen MR) is 62.3 cm³/mol. The summed E-state index contributed by atoms with van der Waals surface area (Å²) in [7, 11) is 0. The molecule has 0 aliphatic heterocycles.